The van der Waals surface area contributed by atoms with Gasteiger partial charge in [-0.05, 0) is 36.8 Å². The Labute approximate surface area is 157 Å². The lowest BCUT2D eigenvalue weighted by atomic mass is 10.1. The maximum Gasteiger partial charge on any atom is 0.273 e. The van der Waals surface area contributed by atoms with E-state index in [9.17, 15) is 9.59 Å². The Bertz CT molecular complexity index is 735. The summed E-state index contributed by atoms with van der Waals surface area (Å²) in [5.41, 5.74) is 5.91. The number of hydrogen-bond acceptors (Lipinski definition) is 4. The highest BCUT2D eigenvalue weighted by molar-refractivity contribution is 6.30. The molecule has 0 radical (unpaired) electrons. The van der Waals surface area contributed by atoms with Gasteiger partial charge in [-0.25, -0.2) is 0 Å². The Balaban J connectivity index is 1.87. The molecular formula is C19H21ClN2O4. The van der Waals surface area contributed by atoms with Crippen molar-refractivity contribution in [2.75, 3.05) is 19.8 Å². The molecule has 0 aliphatic heterocycles. The molecule has 138 valence electrons. The number of amides is 2. The highest BCUT2D eigenvalue weighted by atomic mass is 35.5. The van der Waals surface area contributed by atoms with Gasteiger partial charge in [-0.15, -0.1) is 0 Å². The van der Waals surface area contributed by atoms with E-state index in [0.29, 0.717) is 36.2 Å². The number of nitrogens with one attached hydrogen (secondary N) is 2. The minimum absolute atomic E-state index is 0.129. The van der Waals surface area contributed by atoms with Crippen molar-refractivity contribution in [1.29, 1.82) is 0 Å². The van der Waals surface area contributed by atoms with Crippen LogP contribution in [0.25, 0.3) is 0 Å². The van der Waals surface area contributed by atoms with Gasteiger partial charge in [0, 0.05) is 11.6 Å². The van der Waals surface area contributed by atoms with Crippen molar-refractivity contribution in [2.24, 2.45) is 0 Å². The average molecular weight is 377 g/mol. The molecule has 0 heterocycles. The van der Waals surface area contributed by atoms with E-state index >= 15 is 0 Å². The summed E-state index contributed by atoms with van der Waals surface area (Å²) in [5.74, 6) is -0.367. The molecule has 0 spiro atoms. The van der Waals surface area contributed by atoms with Crippen LogP contribution in [0.3, 0.4) is 0 Å². The van der Waals surface area contributed by atoms with E-state index in [0.717, 1.165) is 5.56 Å². The van der Waals surface area contributed by atoms with E-state index in [1.165, 1.54) is 0 Å². The van der Waals surface area contributed by atoms with Crippen LogP contribution in [0.5, 0.6) is 5.75 Å². The van der Waals surface area contributed by atoms with Gasteiger partial charge < -0.3 is 9.47 Å². The number of ether oxygens (including phenoxy) is 2. The maximum atomic E-state index is 12.3. The molecule has 0 aliphatic carbocycles. The van der Waals surface area contributed by atoms with Crippen molar-refractivity contribution in [3.8, 4) is 5.75 Å². The summed E-state index contributed by atoms with van der Waals surface area (Å²) < 4.78 is 10.8. The number of rotatable bonds is 8. The molecule has 26 heavy (non-hydrogen) atoms. The largest absolute Gasteiger partial charge is 0.490 e. The Hall–Kier alpha value is -2.57. The Morgan fingerprint density at radius 3 is 2.46 bits per heavy atom. The molecule has 0 saturated carbocycles. The van der Waals surface area contributed by atoms with Crippen LogP contribution >= 0.6 is 11.6 Å². The highest BCUT2D eigenvalue weighted by Crippen LogP contribution is 2.17. The molecule has 2 amide bonds. The van der Waals surface area contributed by atoms with E-state index in [1.807, 2.05) is 6.92 Å². The zero-order chi connectivity index (χ0) is 18.8. The normalized spacial score (nSPS) is 10.2. The van der Waals surface area contributed by atoms with E-state index in [2.05, 4.69) is 10.9 Å². The Morgan fingerprint density at radius 2 is 1.73 bits per heavy atom. The summed E-state index contributed by atoms with van der Waals surface area (Å²) in [6.07, 6.45) is 0.129. The second kappa shape index (κ2) is 10.4. The lowest BCUT2D eigenvalue weighted by Crippen LogP contribution is -2.42. The summed E-state index contributed by atoms with van der Waals surface area (Å²) in [5, 5.41) is 0.600. The van der Waals surface area contributed by atoms with Crippen molar-refractivity contribution in [3.63, 3.8) is 0 Å². The predicted molar refractivity (Wildman–Crippen MR) is 99.2 cm³/mol. The first-order valence-corrected chi connectivity index (χ1v) is 8.61. The van der Waals surface area contributed by atoms with Crippen LogP contribution in [0, 0.1) is 0 Å². The first-order valence-electron chi connectivity index (χ1n) is 8.23. The van der Waals surface area contributed by atoms with Crippen LogP contribution in [-0.4, -0.2) is 31.6 Å². The molecule has 2 N–H and O–H groups in total. The third kappa shape index (κ3) is 6.38. The Morgan fingerprint density at radius 1 is 1.00 bits per heavy atom. The van der Waals surface area contributed by atoms with E-state index < -0.39 is 5.91 Å². The summed E-state index contributed by atoms with van der Waals surface area (Å²) in [6.45, 7) is 3.27. The molecule has 7 heteroatoms. The minimum atomic E-state index is -0.457. The van der Waals surface area contributed by atoms with Gasteiger partial charge in [0.2, 0.25) is 5.91 Å². The van der Waals surface area contributed by atoms with Crippen LogP contribution in [-0.2, 0) is 16.0 Å². The SMILES string of the molecule is CCOCCOc1ccccc1C(=O)NNC(=O)Cc1ccc(Cl)cc1. The fraction of sp³-hybridized carbons (Fsp3) is 0.263. The molecule has 0 fully saturated rings. The van der Waals surface area contributed by atoms with Crippen molar-refractivity contribution in [3.05, 3.63) is 64.7 Å². The van der Waals surface area contributed by atoms with Crippen LogP contribution in [0.15, 0.2) is 48.5 Å². The third-order valence-electron chi connectivity index (χ3n) is 3.41. The zero-order valence-electron chi connectivity index (χ0n) is 14.5. The number of carbonyl (C=O) groups excluding carboxylic acids is 2. The fourth-order valence-corrected chi connectivity index (χ4v) is 2.29. The summed E-state index contributed by atoms with van der Waals surface area (Å²) >= 11 is 5.81. The van der Waals surface area contributed by atoms with E-state index in [1.54, 1.807) is 48.5 Å². The zero-order valence-corrected chi connectivity index (χ0v) is 15.2. The van der Waals surface area contributed by atoms with Crippen LogP contribution in [0.1, 0.15) is 22.8 Å². The smallest absolute Gasteiger partial charge is 0.273 e. The third-order valence-corrected chi connectivity index (χ3v) is 3.67. The van der Waals surface area contributed by atoms with Crippen LogP contribution in [0.2, 0.25) is 5.02 Å². The highest BCUT2D eigenvalue weighted by Gasteiger charge is 2.13. The van der Waals surface area contributed by atoms with E-state index in [-0.39, 0.29) is 12.3 Å². The predicted octanol–water partition coefficient (Wildman–Crippen LogP) is 2.76. The summed E-state index contributed by atoms with van der Waals surface area (Å²) in [7, 11) is 0. The number of para-hydroxylation sites is 1. The van der Waals surface area contributed by atoms with Crippen LogP contribution in [0.4, 0.5) is 0 Å². The van der Waals surface area contributed by atoms with Gasteiger partial charge >= 0.3 is 0 Å². The van der Waals surface area contributed by atoms with Crippen molar-refractivity contribution in [1.82, 2.24) is 10.9 Å². The molecule has 2 rings (SSSR count). The molecule has 2 aromatic rings. The number of carbonyl (C=O) groups is 2. The summed E-state index contributed by atoms with van der Waals surface area (Å²) in [6, 6.07) is 13.7. The number of hydrogen-bond donors (Lipinski definition) is 2. The van der Waals surface area contributed by atoms with E-state index in [4.69, 9.17) is 21.1 Å². The van der Waals surface area contributed by atoms with Crippen molar-refractivity contribution < 1.29 is 19.1 Å². The molecule has 0 bridgehead atoms. The van der Waals surface area contributed by atoms with Gasteiger partial charge in [0.05, 0.1) is 18.6 Å². The lowest BCUT2D eigenvalue weighted by Gasteiger charge is -2.12. The van der Waals surface area contributed by atoms with Gasteiger partial charge in [0.25, 0.3) is 5.91 Å². The topological polar surface area (TPSA) is 76.7 Å². The average Bonchev–Trinajstić information content (AvgIpc) is 2.65. The summed E-state index contributed by atoms with van der Waals surface area (Å²) in [4.78, 5) is 24.3. The maximum absolute atomic E-state index is 12.3. The van der Waals surface area contributed by atoms with Crippen LogP contribution < -0.4 is 15.6 Å². The van der Waals surface area contributed by atoms with Gasteiger partial charge in [-0.3, -0.25) is 20.4 Å². The minimum Gasteiger partial charge on any atom is -0.490 e. The van der Waals surface area contributed by atoms with Gasteiger partial charge in [0.15, 0.2) is 0 Å². The fourth-order valence-electron chi connectivity index (χ4n) is 2.16. The number of hydrazine groups is 1. The Kier molecular flexibility index (Phi) is 7.92. The quantitative estimate of drug-likeness (QED) is 0.548. The van der Waals surface area contributed by atoms with Gasteiger partial charge in [0.1, 0.15) is 12.4 Å². The molecule has 0 saturated heterocycles. The van der Waals surface area contributed by atoms with Crippen molar-refractivity contribution >= 4 is 23.4 Å². The molecule has 0 unspecified atom stereocenters. The second-order valence-electron chi connectivity index (χ2n) is 5.35. The molecule has 2 aromatic carbocycles. The molecule has 6 nitrogen and oxygen atoms in total. The number of benzene rings is 2. The van der Waals surface area contributed by atoms with Gasteiger partial charge in [-0.1, -0.05) is 35.9 Å². The first-order chi connectivity index (χ1) is 12.6. The molecular weight excluding hydrogens is 356 g/mol. The second-order valence-corrected chi connectivity index (χ2v) is 5.78. The van der Waals surface area contributed by atoms with Gasteiger partial charge in [-0.2, -0.15) is 0 Å². The lowest BCUT2D eigenvalue weighted by molar-refractivity contribution is -0.121. The first kappa shape index (κ1) is 19.8. The number of halogens is 1. The monoisotopic (exact) mass is 376 g/mol. The molecule has 0 aromatic heterocycles. The molecule has 0 atom stereocenters. The standard InChI is InChI=1S/C19H21ClN2O4/c1-2-25-11-12-26-17-6-4-3-5-16(17)19(24)22-21-18(23)13-14-7-9-15(20)10-8-14/h3-10H,2,11-13H2,1H3,(H,21,23)(H,22,24). The van der Waals surface area contributed by atoms with Crippen molar-refractivity contribution in [2.45, 2.75) is 13.3 Å². The molecule has 0 aliphatic rings.